The summed E-state index contributed by atoms with van der Waals surface area (Å²) in [4.78, 5) is 23.0. The number of benzene rings is 1. The van der Waals surface area contributed by atoms with Crippen LogP contribution in [0.4, 0.5) is 0 Å². The van der Waals surface area contributed by atoms with E-state index in [9.17, 15) is 9.59 Å². The summed E-state index contributed by atoms with van der Waals surface area (Å²) >= 11 is 1.08. The van der Waals surface area contributed by atoms with E-state index in [0.717, 1.165) is 21.8 Å². The molecule has 2 rings (SSSR count). The number of carbonyl (C=O) groups is 1. The van der Waals surface area contributed by atoms with Crippen LogP contribution < -0.4 is 4.87 Å². The van der Waals surface area contributed by atoms with Gasteiger partial charge in [0.05, 0.1) is 5.69 Å². The van der Waals surface area contributed by atoms with Gasteiger partial charge in [-0.05, 0) is 12.5 Å². The van der Waals surface area contributed by atoms with Crippen molar-refractivity contribution in [3.8, 4) is 11.3 Å². The molecule has 0 bridgehead atoms. The first kappa shape index (κ1) is 11.6. The molecule has 0 aliphatic heterocycles. The molecule has 1 N–H and O–H groups in total. The van der Waals surface area contributed by atoms with E-state index in [-0.39, 0.29) is 11.4 Å². The van der Waals surface area contributed by atoms with Crippen molar-refractivity contribution in [1.82, 2.24) is 4.57 Å². The van der Waals surface area contributed by atoms with E-state index in [0.29, 0.717) is 5.69 Å². The van der Waals surface area contributed by atoms with Crippen LogP contribution in [0.25, 0.3) is 11.3 Å². The molecule has 1 aromatic heterocycles. The van der Waals surface area contributed by atoms with Crippen LogP contribution in [-0.4, -0.2) is 15.6 Å². The quantitative estimate of drug-likeness (QED) is 0.904. The standard InChI is InChI=1S/C12H11NO3S/c1-8-11(9-5-3-2-4-6-9)13(7-10(14)15)12(16)17-8/h2-6H,7H2,1H3,(H,14,15). The summed E-state index contributed by atoms with van der Waals surface area (Å²) in [7, 11) is 0. The minimum atomic E-state index is -1.01. The molecular weight excluding hydrogens is 238 g/mol. The number of carboxylic acids is 1. The van der Waals surface area contributed by atoms with Crippen molar-refractivity contribution in [2.75, 3.05) is 0 Å². The van der Waals surface area contributed by atoms with Crippen molar-refractivity contribution >= 4 is 17.3 Å². The lowest BCUT2D eigenvalue weighted by Crippen LogP contribution is -2.19. The van der Waals surface area contributed by atoms with E-state index in [2.05, 4.69) is 0 Å². The van der Waals surface area contributed by atoms with Gasteiger partial charge in [0.2, 0.25) is 0 Å². The van der Waals surface area contributed by atoms with Crippen LogP contribution in [0.2, 0.25) is 0 Å². The molecule has 0 saturated heterocycles. The highest BCUT2D eigenvalue weighted by atomic mass is 32.1. The Hall–Kier alpha value is -1.88. The lowest BCUT2D eigenvalue weighted by atomic mass is 10.1. The van der Waals surface area contributed by atoms with Gasteiger partial charge in [0.15, 0.2) is 0 Å². The number of nitrogens with zero attached hydrogens (tertiary/aromatic N) is 1. The summed E-state index contributed by atoms with van der Waals surface area (Å²) < 4.78 is 1.30. The molecule has 4 nitrogen and oxygen atoms in total. The molecule has 0 atom stereocenters. The Labute approximate surface area is 102 Å². The monoisotopic (exact) mass is 249 g/mol. The largest absolute Gasteiger partial charge is 0.480 e. The maximum absolute atomic E-state index is 11.7. The van der Waals surface area contributed by atoms with Gasteiger partial charge < -0.3 is 5.11 Å². The first-order chi connectivity index (χ1) is 8.09. The van der Waals surface area contributed by atoms with Crippen LogP contribution in [0, 0.1) is 6.92 Å². The van der Waals surface area contributed by atoms with E-state index in [1.54, 1.807) is 0 Å². The van der Waals surface area contributed by atoms with Gasteiger partial charge in [0.1, 0.15) is 6.54 Å². The van der Waals surface area contributed by atoms with E-state index >= 15 is 0 Å². The second-order valence-electron chi connectivity index (χ2n) is 3.62. The zero-order valence-electron chi connectivity index (χ0n) is 9.21. The van der Waals surface area contributed by atoms with Gasteiger partial charge in [0.25, 0.3) is 0 Å². The molecule has 0 aliphatic carbocycles. The van der Waals surface area contributed by atoms with Gasteiger partial charge in [0, 0.05) is 4.88 Å². The van der Waals surface area contributed by atoms with Gasteiger partial charge >= 0.3 is 10.8 Å². The third kappa shape index (κ3) is 2.29. The number of hydrogen-bond donors (Lipinski definition) is 1. The minimum Gasteiger partial charge on any atom is -0.480 e. The maximum atomic E-state index is 11.7. The summed E-state index contributed by atoms with van der Waals surface area (Å²) in [5, 5.41) is 8.82. The topological polar surface area (TPSA) is 59.3 Å². The second-order valence-corrected chi connectivity index (χ2v) is 4.78. The van der Waals surface area contributed by atoms with Gasteiger partial charge in [-0.15, -0.1) is 0 Å². The zero-order chi connectivity index (χ0) is 12.4. The van der Waals surface area contributed by atoms with E-state index in [4.69, 9.17) is 5.11 Å². The normalized spacial score (nSPS) is 10.4. The lowest BCUT2D eigenvalue weighted by molar-refractivity contribution is -0.137. The fraction of sp³-hybridized carbons (Fsp3) is 0.167. The SMILES string of the molecule is Cc1sc(=O)n(CC(=O)O)c1-c1ccccc1. The van der Waals surface area contributed by atoms with Gasteiger partial charge in [-0.2, -0.15) is 0 Å². The van der Waals surface area contributed by atoms with E-state index < -0.39 is 5.97 Å². The van der Waals surface area contributed by atoms with Crippen LogP contribution in [0.15, 0.2) is 35.1 Å². The van der Waals surface area contributed by atoms with Crippen LogP contribution in [0.5, 0.6) is 0 Å². The first-order valence-corrected chi connectivity index (χ1v) is 5.88. The molecule has 0 fully saturated rings. The Balaban J connectivity index is 2.61. The lowest BCUT2D eigenvalue weighted by Gasteiger charge is -2.06. The molecule has 5 heteroatoms. The van der Waals surface area contributed by atoms with Crippen molar-refractivity contribution < 1.29 is 9.90 Å². The van der Waals surface area contributed by atoms with Crippen molar-refractivity contribution in [2.45, 2.75) is 13.5 Å². The van der Waals surface area contributed by atoms with E-state index in [1.165, 1.54) is 4.57 Å². The summed E-state index contributed by atoms with van der Waals surface area (Å²) in [6, 6.07) is 9.34. The van der Waals surface area contributed by atoms with Crippen LogP contribution in [0.3, 0.4) is 0 Å². The smallest absolute Gasteiger partial charge is 0.323 e. The Kier molecular flexibility index (Phi) is 3.10. The molecule has 1 aromatic carbocycles. The van der Waals surface area contributed by atoms with Gasteiger partial charge in [-0.3, -0.25) is 14.2 Å². The highest BCUT2D eigenvalue weighted by molar-refractivity contribution is 7.09. The fourth-order valence-electron chi connectivity index (χ4n) is 1.75. The highest BCUT2D eigenvalue weighted by Gasteiger charge is 2.15. The number of aryl methyl sites for hydroxylation is 1. The average molecular weight is 249 g/mol. The van der Waals surface area contributed by atoms with Crippen LogP contribution in [0.1, 0.15) is 4.88 Å². The third-order valence-corrected chi connectivity index (χ3v) is 3.30. The Morgan fingerprint density at radius 1 is 1.35 bits per heavy atom. The molecule has 0 aliphatic rings. The molecule has 88 valence electrons. The number of carboxylic acid groups (broad SMARTS) is 1. The van der Waals surface area contributed by atoms with Crippen LogP contribution in [-0.2, 0) is 11.3 Å². The molecular formula is C12H11NO3S. The molecule has 0 spiro atoms. The number of thiazole rings is 1. The number of aliphatic carboxylic acids is 1. The summed E-state index contributed by atoms with van der Waals surface area (Å²) in [6.07, 6.45) is 0. The van der Waals surface area contributed by atoms with Crippen molar-refractivity contribution in [3.63, 3.8) is 0 Å². The van der Waals surface area contributed by atoms with Gasteiger partial charge in [-0.25, -0.2) is 0 Å². The minimum absolute atomic E-state index is 0.233. The molecule has 17 heavy (non-hydrogen) atoms. The summed E-state index contributed by atoms with van der Waals surface area (Å²) in [5.41, 5.74) is 1.56. The molecule has 1 heterocycles. The number of rotatable bonds is 3. The first-order valence-electron chi connectivity index (χ1n) is 5.07. The summed E-state index contributed by atoms with van der Waals surface area (Å²) in [5.74, 6) is -1.01. The molecule has 0 unspecified atom stereocenters. The maximum Gasteiger partial charge on any atom is 0.323 e. The Morgan fingerprint density at radius 2 is 2.00 bits per heavy atom. The number of aromatic nitrogens is 1. The van der Waals surface area contributed by atoms with E-state index in [1.807, 2.05) is 37.3 Å². The van der Waals surface area contributed by atoms with Gasteiger partial charge in [-0.1, -0.05) is 41.7 Å². The molecule has 0 radical (unpaired) electrons. The second kappa shape index (κ2) is 4.55. The Morgan fingerprint density at radius 3 is 2.59 bits per heavy atom. The van der Waals surface area contributed by atoms with Crippen LogP contribution >= 0.6 is 11.3 Å². The van der Waals surface area contributed by atoms with Crippen molar-refractivity contribution in [2.24, 2.45) is 0 Å². The molecule has 2 aromatic rings. The highest BCUT2D eigenvalue weighted by Crippen LogP contribution is 2.24. The van der Waals surface area contributed by atoms with Crippen molar-refractivity contribution in [1.29, 1.82) is 0 Å². The average Bonchev–Trinajstić information content (AvgIpc) is 2.54. The predicted octanol–water partition coefficient (Wildman–Crippen LogP) is 1.97. The fourth-order valence-corrected chi connectivity index (χ4v) is 2.60. The summed E-state index contributed by atoms with van der Waals surface area (Å²) in [6.45, 7) is 1.53. The third-order valence-electron chi connectivity index (χ3n) is 2.40. The van der Waals surface area contributed by atoms with Crippen molar-refractivity contribution in [3.05, 3.63) is 44.9 Å². The predicted molar refractivity (Wildman–Crippen MR) is 66.4 cm³/mol. The molecule has 0 saturated carbocycles. The Bertz CT molecular complexity index is 598. The number of hydrogen-bond acceptors (Lipinski definition) is 3. The zero-order valence-corrected chi connectivity index (χ0v) is 10.0. The molecule has 0 amide bonds.